The molecule has 1 fully saturated rings. The molecule has 1 aromatic carbocycles. The highest BCUT2D eigenvalue weighted by Gasteiger charge is 2.27. The van der Waals surface area contributed by atoms with E-state index in [9.17, 15) is 14.4 Å². The van der Waals surface area contributed by atoms with Crippen molar-refractivity contribution >= 4 is 23.9 Å². The van der Waals surface area contributed by atoms with E-state index >= 15 is 0 Å². The average Bonchev–Trinajstić information content (AvgIpc) is 2.64. The van der Waals surface area contributed by atoms with Crippen molar-refractivity contribution in [2.24, 2.45) is 5.92 Å². The van der Waals surface area contributed by atoms with Crippen LogP contribution >= 0.6 is 0 Å². The van der Waals surface area contributed by atoms with Gasteiger partial charge < -0.3 is 15.0 Å². The molecule has 1 aromatic rings. The van der Waals surface area contributed by atoms with Gasteiger partial charge in [0.25, 0.3) is 5.91 Å². The molecule has 0 atom stereocenters. The summed E-state index contributed by atoms with van der Waals surface area (Å²) in [4.78, 5) is 36.9. The highest BCUT2D eigenvalue weighted by Crippen LogP contribution is 2.19. The van der Waals surface area contributed by atoms with E-state index in [-0.39, 0.29) is 30.3 Å². The lowest BCUT2D eigenvalue weighted by molar-refractivity contribution is -0.154. The molecule has 2 rings (SSSR count). The maximum Gasteiger partial charge on any atom is 0.309 e. The minimum atomic E-state index is -0.370. The fourth-order valence-corrected chi connectivity index (χ4v) is 2.50. The van der Waals surface area contributed by atoms with Crippen LogP contribution in [-0.2, 0) is 19.1 Å². The fraction of sp³-hybridized carbons (Fsp3) is 0.389. The molecule has 6 heteroatoms. The van der Waals surface area contributed by atoms with E-state index in [1.54, 1.807) is 17.1 Å². The smallest absolute Gasteiger partial charge is 0.309 e. The Bertz CT molecular complexity index is 605. The number of likely N-dealkylation sites (tertiary alicyclic amines) is 1. The van der Waals surface area contributed by atoms with Crippen LogP contribution in [0.25, 0.3) is 6.08 Å². The second-order valence-electron chi connectivity index (χ2n) is 5.62. The zero-order valence-corrected chi connectivity index (χ0v) is 13.7. The maximum atomic E-state index is 12.2. The molecular formula is C18H22N2O4. The fourth-order valence-electron chi connectivity index (χ4n) is 2.50. The second kappa shape index (κ2) is 8.86. The monoisotopic (exact) mass is 330 g/mol. The molecule has 0 unspecified atom stereocenters. The van der Waals surface area contributed by atoms with Crippen LogP contribution in [0.4, 0.5) is 0 Å². The second-order valence-corrected chi connectivity index (χ2v) is 5.62. The van der Waals surface area contributed by atoms with Crippen LogP contribution in [0.5, 0.6) is 0 Å². The van der Waals surface area contributed by atoms with E-state index < -0.39 is 0 Å². The number of amides is 2. The third kappa shape index (κ3) is 5.22. The Morgan fingerprint density at radius 2 is 1.88 bits per heavy atom. The summed E-state index contributed by atoms with van der Waals surface area (Å²) in [7, 11) is 1.49. The van der Waals surface area contributed by atoms with E-state index in [2.05, 4.69) is 5.32 Å². The molecule has 1 aliphatic rings. The SMILES string of the molecule is CNC(=O)COC(=O)C1CCN(C(=O)C=Cc2ccccc2)CC1. The van der Waals surface area contributed by atoms with Gasteiger partial charge in [0.15, 0.2) is 6.61 Å². The molecule has 24 heavy (non-hydrogen) atoms. The summed E-state index contributed by atoms with van der Waals surface area (Å²) >= 11 is 0. The minimum absolute atomic E-state index is 0.0592. The van der Waals surface area contributed by atoms with Crippen LogP contribution in [0.1, 0.15) is 18.4 Å². The van der Waals surface area contributed by atoms with Crippen LogP contribution in [0, 0.1) is 5.92 Å². The quantitative estimate of drug-likeness (QED) is 0.651. The molecule has 0 aromatic heterocycles. The van der Waals surface area contributed by atoms with Gasteiger partial charge in [0.05, 0.1) is 5.92 Å². The topological polar surface area (TPSA) is 75.7 Å². The van der Waals surface area contributed by atoms with Crippen molar-refractivity contribution in [2.45, 2.75) is 12.8 Å². The number of hydrogen-bond donors (Lipinski definition) is 1. The lowest BCUT2D eigenvalue weighted by Gasteiger charge is -2.30. The van der Waals surface area contributed by atoms with Gasteiger partial charge in [-0.2, -0.15) is 0 Å². The van der Waals surface area contributed by atoms with Gasteiger partial charge in [0.1, 0.15) is 0 Å². The minimum Gasteiger partial charge on any atom is -0.455 e. The third-order valence-corrected chi connectivity index (χ3v) is 3.98. The molecule has 1 N–H and O–H groups in total. The first kappa shape index (κ1) is 17.7. The largest absolute Gasteiger partial charge is 0.455 e. The average molecular weight is 330 g/mol. The Labute approximate surface area is 141 Å². The highest BCUT2D eigenvalue weighted by atomic mass is 16.5. The molecule has 2 amide bonds. The van der Waals surface area contributed by atoms with Gasteiger partial charge >= 0.3 is 5.97 Å². The standard InChI is InChI=1S/C18H22N2O4/c1-19-16(21)13-24-18(23)15-9-11-20(12-10-15)17(22)8-7-14-5-3-2-4-6-14/h2-8,15H,9-13H2,1H3,(H,19,21). The van der Waals surface area contributed by atoms with Gasteiger partial charge in [0, 0.05) is 26.2 Å². The van der Waals surface area contributed by atoms with Crippen molar-refractivity contribution in [3.8, 4) is 0 Å². The molecular weight excluding hydrogens is 308 g/mol. The molecule has 128 valence electrons. The molecule has 0 spiro atoms. The number of nitrogens with zero attached hydrogens (tertiary/aromatic N) is 1. The highest BCUT2D eigenvalue weighted by molar-refractivity contribution is 5.92. The summed E-state index contributed by atoms with van der Waals surface area (Å²) < 4.78 is 4.97. The molecule has 0 aliphatic carbocycles. The Kier molecular flexibility index (Phi) is 6.54. The summed E-state index contributed by atoms with van der Waals surface area (Å²) in [5.41, 5.74) is 0.971. The number of piperidine rings is 1. The van der Waals surface area contributed by atoms with E-state index in [1.807, 2.05) is 30.3 Å². The molecule has 1 saturated heterocycles. The van der Waals surface area contributed by atoms with Crippen molar-refractivity contribution in [3.05, 3.63) is 42.0 Å². The van der Waals surface area contributed by atoms with Crippen LogP contribution in [0.2, 0.25) is 0 Å². The van der Waals surface area contributed by atoms with Crippen molar-refractivity contribution in [1.29, 1.82) is 0 Å². The van der Waals surface area contributed by atoms with Crippen molar-refractivity contribution in [3.63, 3.8) is 0 Å². The van der Waals surface area contributed by atoms with Gasteiger partial charge in [-0.3, -0.25) is 14.4 Å². The lowest BCUT2D eigenvalue weighted by atomic mass is 9.97. The first-order chi connectivity index (χ1) is 11.6. The van der Waals surface area contributed by atoms with E-state index in [0.29, 0.717) is 25.9 Å². The Hall–Kier alpha value is -2.63. The Morgan fingerprint density at radius 3 is 2.50 bits per heavy atom. The molecule has 1 aliphatic heterocycles. The zero-order valence-electron chi connectivity index (χ0n) is 13.7. The first-order valence-corrected chi connectivity index (χ1v) is 7.99. The van der Waals surface area contributed by atoms with Gasteiger partial charge in [0.2, 0.25) is 5.91 Å². The number of rotatable bonds is 5. The third-order valence-electron chi connectivity index (χ3n) is 3.98. The van der Waals surface area contributed by atoms with E-state index in [0.717, 1.165) is 5.56 Å². The van der Waals surface area contributed by atoms with Crippen molar-refractivity contribution in [2.75, 3.05) is 26.7 Å². The normalized spacial score (nSPS) is 15.3. The number of likely N-dealkylation sites (N-methyl/N-ethyl adjacent to an activating group) is 1. The number of ether oxygens (including phenoxy) is 1. The van der Waals surface area contributed by atoms with E-state index in [4.69, 9.17) is 4.74 Å². The van der Waals surface area contributed by atoms with Gasteiger partial charge in [-0.25, -0.2) is 0 Å². The van der Waals surface area contributed by atoms with Gasteiger partial charge in [-0.05, 0) is 24.5 Å². The Morgan fingerprint density at radius 1 is 1.21 bits per heavy atom. The molecule has 1 heterocycles. The predicted molar refractivity (Wildman–Crippen MR) is 89.8 cm³/mol. The number of carbonyl (C=O) groups is 3. The number of nitrogens with one attached hydrogen (secondary N) is 1. The first-order valence-electron chi connectivity index (χ1n) is 7.99. The van der Waals surface area contributed by atoms with Crippen molar-refractivity contribution < 1.29 is 19.1 Å². The number of hydrogen-bond acceptors (Lipinski definition) is 4. The molecule has 0 saturated carbocycles. The number of benzene rings is 1. The summed E-state index contributed by atoms with van der Waals surface area (Å²) in [6.45, 7) is 0.768. The molecule has 6 nitrogen and oxygen atoms in total. The number of carbonyl (C=O) groups excluding carboxylic acids is 3. The molecule has 0 bridgehead atoms. The summed E-state index contributed by atoms with van der Waals surface area (Å²) in [6, 6.07) is 9.62. The van der Waals surface area contributed by atoms with Crippen LogP contribution < -0.4 is 5.32 Å². The maximum absolute atomic E-state index is 12.2. The molecule has 0 radical (unpaired) electrons. The van der Waals surface area contributed by atoms with Crippen LogP contribution in [-0.4, -0.2) is 49.4 Å². The van der Waals surface area contributed by atoms with E-state index in [1.165, 1.54) is 7.05 Å². The zero-order chi connectivity index (χ0) is 17.4. The Balaban J connectivity index is 1.77. The van der Waals surface area contributed by atoms with Gasteiger partial charge in [-0.15, -0.1) is 0 Å². The van der Waals surface area contributed by atoms with Crippen LogP contribution in [0.3, 0.4) is 0 Å². The summed E-state index contributed by atoms with van der Waals surface area (Å²) in [5.74, 6) is -1.01. The predicted octanol–water partition coefficient (Wildman–Crippen LogP) is 1.23. The van der Waals surface area contributed by atoms with Gasteiger partial charge in [-0.1, -0.05) is 30.3 Å². The summed E-state index contributed by atoms with van der Waals surface area (Å²) in [5, 5.41) is 2.40. The number of esters is 1. The van der Waals surface area contributed by atoms with Crippen molar-refractivity contribution in [1.82, 2.24) is 10.2 Å². The van der Waals surface area contributed by atoms with Crippen LogP contribution in [0.15, 0.2) is 36.4 Å². The lowest BCUT2D eigenvalue weighted by Crippen LogP contribution is -2.40. The summed E-state index contributed by atoms with van der Waals surface area (Å²) in [6.07, 6.45) is 4.45.